The van der Waals surface area contributed by atoms with Crippen molar-refractivity contribution in [2.75, 3.05) is 19.6 Å². The number of carbonyl (C=O) groups excluding carboxylic acids is 2. The van der Waals surface area contributed by atoms with Gasteiger partial charge in [-0.3, -0.25) is 14.4 Å². The number of piperidine rings is 1. The number of imidazole rings is 1. The molecule has 1 aliphatic heterocycles. The van der Waals surface area contributed by atoms with Crippen molar-refractivity contribution in [2.24, 2.45) is 0 Å². The van der Waals surface area contributed by atoms with Gasteiger partial charge in [0.2, 0.25) is 11.3 Å². The largest absolute Gasteiger partial charge is 0.360 e. The van der Waals surface area contributed by atoms with Gasteiger partial charge in [-0.25, -0.2) is 4.98 Å². The molecule has 2 aromatic carbocycles. The van der Waals surface area contributed by atoms with E-state index in [0.717, 1.165) is 29.7 Å². The number of fused-ring (bicyclic) bond motifs is 2. The summed E-state index contributed by atoms with van der Waals surface area (Å²) < 4.78 is 0. The van der Waals surface area contributed by atoms with Crippen LogP contribution >= 0.6 is 0 Å². The summed E-state index contributed by atoms with van der Waals surface area (Å²) in [6.45, 7) is 1.03. The van der Waals surface area contributed by atoms with E-state index >= 15 is 0 Å². The van der Waals surface area contributed by atoms with Crippen LogP contribution in [0, 0.1) is 0 Å². The van der Waals surface area contributed by atoms with E-state index in [9.17, 15) is 14.4 Å². The van der Waals surface area contributed by atoms with E-state index in [1.165, 1.54) is 6.20 Å². The van der Waals surface area contributed by atoms with Crippen LogP contribution in [-0.4, -0.2) is 51.3 Å². The average Bonchev–Trinajstić information content (AvgIpc) is 3.27. The molecule has 5 rings (SSSR count). The van der Waals surface area contributed by atoms with Gasteiger partial charge >= 0.3 is 0 Å². The molecule has 1 aliphatic rings. The average molecular weight is 429 g/mol. The minimum Gasteiger partial charge on any atom is -0.360 e. The first kappa shape index (κ1) is 20.0. The lowest BCUT2D eigenvalue weighted by Crippen LogP contribution is -2.45. The van der Waals surface area contributed by atoms with E-state index in [2.05, 4.69) is 20.3 Å². The van der Waals surface area contributed by atoms with Crippen LogP contribution in [0.2, 0.25) is 0 Å². The quantitative estimate of drug-likeness (QED) is 0.463. The summed E-state index contributed by atoms with van der Waals surface area (Å²) in [6.07, 6.45) is 3.21. The Balaban J connectivity index is 1.24. The molecule has 2 amide bonds. The first-order valence-corrected chi connectivity index (χ1v) is 10.7. The number of rotatable bonds is 4. The fraction of sp³-hybridized carbons (Fsp3) is 0.250. The highest BCUT2D eigenvalue weighted by Gasteiger charge is 2.27. The lowest BCUT2D eigenvalue weighted by molar-refractivity contribution is -0.131. The topological polar surface area (TPSA) is 111 Å². The third kappa shape index (κ3) is 3.75. The number of carbonyl (C=O) groups is 2. The monoisotopic (exact) mass is 429 g/mol. The SMILES string of the molecule is O=C(NCC(=O)N1CCC[C@@H](c2nc3ccccc3[nH]2)C1)c1c[nH]c2ccccc2c1=O. The third-order valence-electron chi connectivity index (χ3n) is 6.00. The van der Waals surface area contributed by atoms with Crippen molar-refractivity contribution in [3.05, 3.63) is 76.3 Å². The minimum atomic E-state index is -0.559. The number of H-pyrrole nitrogens is 2. The van der Waals surface area contributed by atoms with Gasteiger partial charge < -0.3 is 20.2 Å². The number of nitrogens with zero attached hydrogens (tertiary/aromatic N) is 2. The van der Waals surface area contributed by atoms with Gasteiger partial charge in [0, 0.05) is 36.1 Å². The normalized spacial score (nSPS) is 16.4. The molecule has 1 saturated heterocycles. The van der Waals surface area contributed by atoms with Crippen molar-refractivity contribution >= 4 is 33.8 Å². The molecule has 0 radical (unpaired) electrons. The summed E-state index contributed by atoms with van der Waals surface area (Å²) in [5, 5.41) is 3.04. The Kier molecular flexibility index (Phi) is 5.18. The smallest absolute Gasteiger partial charge is 0.257 e. The first-order chi connectivity index (χ1) is 15.6. The van der Waals surface area contributed by atoms with Crippen molar-refractivity contribution in [1.29, 1.82) is 0 Å². The van der Waals surface area contributed by atoms with Gasteiger partial charge in [0.15, 0.2) is 0 Å². The van der Waals surface area contributed by atoms with Crippen LogP contribution in [0.4, 0.5) is 0 Å². The summed E-state index contributed by atoms with van der Waals surface area (Å²) in [6, 6.07) is 14.9. The van der Waals surface area contributed by atoms with Crippen LogP contribution in [0.25, 0.3) is 21.9 Å². The van der Waals surface area contributed by atoms with Crippen molar-refractivity contribution in [1.82, 2.24) is 25.2 Å². The molecule has 4 aromatic rings. The van der Waals surface area contributed by atoms with E-state index in [-0.39, 0.29) is 29.4 Å². The fourth-order valence-electron chi connectivity index (χ4n) is 4.29. The Morgan fingerprint density at radius 3 is 2.72 bits per heavy atom. The molecule has 32 heavy (non-hydrogen) atoms. The molecule has 0 aliphatic carbocycles. The lowest BCUT2D eigenvalue weighted by Gasteiger charge is -2.32. The zero-order chi connectivity index (χ0) is 22.1. The summed E-state index contributed by atoms with van der Waals surface area (Å²) in [7, 11) is 0. The highest BCUT2D eigenvalue weighted by Crippen LogP contribution is 2.26. The number of likely N-dealkylation sites (tertiary alicyclic amines) is 1. The van der Waals surface area contributed by atoms with Crippen LogP contribution in [0.5, 0.6) is 0 Å². The van der Waals surface area contributed by atoms with Crippen LogP contribution in [0.15, 0.2) is 59.5 Å². The Morgan fingerprint density at radius 1 is 1.09 bits per heavy atom. The van der Waals surface area contributed by atoms with Crippen molar-refractivity contribution < 1.29 is 9.59 Å². The molecular formula is C24H23N5O3. The Morgan fingerprint density at radius 2 is 1.88 bits per heavy atom. The number of aromatic nitrogens is 3. The highest BCUT2D eigenvalue weighted by atomic mass is 16.2. The number of pyridine rings is 1. The molecule has 0 spiro atoms. The van der Waals surface area contributed by atoms with Crippen LogP contribution in [0.1, 0.15) is 34.9 Å². The van der Waals surface area contributed by atoms with E-state index in [4.69, 9.17) is 0 Å². The van der Waals surface area contributed by atoms with E-state index in [0.29, 0.717) is 24.0 Å². The molecule has 2 aromatic heterocycles. The summed E-state index contributed by atoms with van der Waals surface area (Å²) in [4.78, 5) is 50.7. The third-order valence-corrected chi connectivity index (χ3v) is 6.00. The maximum absolute atomic E-state index is 12.8. The second kappa shape index (κ2) is 8.30. The zero-order valence-electron chi connectivity index (χ0n) is 17.4. The predicted molar refractivity (Wildman–Crippen MR) is 122 cm³/mol. The van der Waals surface area contributed by atoms with E-state index in [1.807, 2.05) is 30.3 Å². The zero-order valence-corrected chi connectivity index (χ0v) is 17.4. The number of para-hydroxylation sites is 3. The van der Waals surface area contributed by atoms with Crippen LogP contribution in [-0.2, 0) is 4.79 Å². The molecule has 162 valence electrons. The number of hydrogen-bond acceptors (Lipinski definition) is 4. The molecule has 0 bridgehead atoms. The Bertz CT molecular complexity index is 1340. The standard InChI is InChI=1S/C24H23N5O3/c30-21(13-26-24(32)17-12-25-18-8-2-1-7-16(18)22(17)31)29-11-5-6-15(14-29)23-27-19-9-3-4-10-20(19)28-23/h1-4,7-10,12,15H,5-6,11,13-14H2,(H,25,31)(H,26,32)(H,27,28)/t15-/m1/s1. The molecule has 1 atom stereocenters. The molecule has 8 nitrogen and oxygen atoms in total. The van der Waals surface area contributed by atoms with Gasteiger partial charge in [-0.2, -0.15) is 0 Å². The number of amides is 2. The van der Waals surface area contributed by atoms with Gasteiger partial charge in [0.05, 0.1) is 17.6 Å². The second-order valence-electron chi connectivity index (χ2n) is 8.08. The summed E-state index contributed by atoms with van der Waals surface area (Å²) in [5.74, 6) is 0.280. The molecule has 0 unspecified atom stereocenters. The molecule has 3 heterocycles. The predicted octanol–water partition coefficient (Wildman–Crippen LogP) is 2.54. The minimum absolute atomic E-state index is 0.00436. The molecular weight excluding hydrogens is 406 g/mol. The highest BCUT2D eigenvalue weighted by molar-refractivity contribution is 5.98. The maximum atomic E-state index is 12.8. The Hall–Kier alpha value is -3.94. The van der Waals surface area contributed by atoms with Crippen molar-refractivity contribution in [3.8, 4) is 0 Å². The van der Waals surface area contributed by atoms with E-state index in [1.54, 1.807) is 23.1 Å². The van der Waals surface area contributed by atoms with Crippen LogP contribution in [0.3, 0.4) is 0 Å². The van der Waals surface area contributed by atoms with Gasteiger partial charge in [-0.1, -0.05) is 24.3 Å². The van der Waals surface area contributed by atoms with Gasteiger partial charge in [0.25, 0.3) is 5.91 Å². The van der Waals surface area contributed by atoms with Crippen LogP contribution < -0.4 is 10.7 Å². The maximum Gasteiger partial charge on any atom is 0.257 e. The second-order valence-corrected chi connectivity index (χ2v) is 8.08. The molecule has 8 heteroatoms. The van der Waals surface area contributed by atoms with Crippen molar-refractivity contribution in [3.63, 3.8) is 0 Å². The summed E-state index contributed by atoms with van der Waals surface area (Å²) >= 11 is 0. The van der Waals surface area contributed by atoms with Gasteiger partial charge in [-0.15, -0.1) is 0 Å². The molecule has 0 saturated carbocycles. The lowest BCUT2D eigenvalue weighted by atomic mass is 9.97. The number of nitrogens with one attached hydrogen (secondary N) is 3. The van der Waals surface area contributed by atoms with E-state index < -0.39 is 5.91 Å². The van der Waals surface area contributed by atoms with Gasteiger partial charge in [0.1, 0.15) is 11.4 Å². The molecule has 1 fully saturated rings. The fourth-order valence-corrected chi connectivity index (χ4v) is 4.29. The van der Waals surface area contributed by atoms with Gasteiger partial charge in [-0.05, 0) is 37.1 Å². The number of aromatic amines is 2. The summed E-state index contributed by atoms with van der Waals surface area (Å²) in [5.41, 5.74) is 2.20. The molecule has 3 N–H and O–H groups in total. The first-order valence-electron chi connectivity index (χ1n) is 10.7. The van der Waals surface area contributed by atoms with Crippen molar-refractivity contribution in [2.45, 2.75) is 18.8 Å². The number of benzene rings is 2. The Labute approximate surface area is 183 Å². The number of hydrogen-bond donors (Lipinski definition) is 3.